The first-order valence-electron chi connectivity index (χ1n) is 7.55. The minimum atomic E-state index is -0.133. The number of benzene rings is 1. The molecule has 2 aromatic heterocycles. The van der Waals surface area contributed by atoms with E-state index in [-0.39, 0.29) is 5.91 Å². The Bertz CT molecular complexity index is 948. The third kappa shape index (κ3) is 2.61. The quantitative estimate of drug-likeness (QED) is 0.627. The smallest absolute Gasteiger partial charge is 0.268 e. The molecule has 1 aliphatic heterocycles. The van der Waals surface area contributed by atoms with Gasteiger partial charge in [-0.15, -0.1) is 0 Å². The number of amides is 1. The summed E-state index contributed by atoms with van der Waals surface area (Å²) in [7, 11) is 0. The lowest BCUT2D eigenvalue weighted by atomic mass is 10.0. The molecule has 4 rings (SSSR count). The maximum atomic E-state index is 12.3. The van der Waals surface area contributed by atoms with Crippen LogP contribution in [0.3, 0.4) is 0 Å². The minimum Gasteiger partial charge on any atom is -0.350 e. The van der Waals surface area contributed by atoms with Gasteiger partial charge in [0.1, 0.15) is 5.69 Å². The standard InChI is InChI=1S/C17H14ClN5O/c18-10-1-2-13-12(9-10)15-14(5-8-20-17(24)16(15)21-13)23-22-11-3-6-19-7-4-11/h1-4,6-7,9,21H,5,8H2,(H,19,22)(H,20,24). The second-order valence-corrected chi connectivity index (χ2v) is 5.91. The number of hydrazone groups is 1. The van der Waals surface area contributed by atoms with Gasteiger partial charge in [-0.05, 0) is 30.3 Å². The monoisotopic (exact) mass is 339 g/mol. The predicted octanol–water partition coefficient (Wildman–Crippen LogP) is 3.17. The van der Waals surface area contributed by atoms with Crippen molar-refractivity contribution >= 4 is 39.8 Å². The molecule has 3 N–H and O–H groups in total. The maximum Gasteiger partial charge on any atom is 0.268 e. The van der Waals surface area contributed by atoms with Gasteiger partial charge in [0.2, 0.25) is 0 Å². The van der Waals surface area contributed by atoms with Gasteiger partial charge in [0.25, 0.3) is 5.91 Å². The van der Waals surface area contributed by atoms with Crippen molar-refractivity contribution in [3.8, 4) is 0 Å². The number of nitrogens with zero attached hydrogens (tertiary/aromatic N) is 2. The molecule has 0 saturated carbocycles. The van der Waals surface area contributed by atoms with Crippen LogP contribution >= 0.6 is 11.6 Å². The van der Waals surface area contributed by atoms with Gasteiger partial charge in [-0.2, -0.15) is 5.10 Å². The van der Waals surface area contributed by atoms with Crippen LogP contribution in [0.4, 0.5) is 5.69 Å². The highest BCUT2D eigenvalue weighted by Gasteiger charge is 2.25. The first-order chi connectivity index (χ1) is 11.7. The number of anilines is 1. The maximum absolute atomic E-state index is 12.3. The molecule has 0 unspecified atom stereocenters. The number of nitrogens with one attached hydrogen (secondary N) is 3. The molecular weight excluding hydrogens is 326 g/mol. The molecule has 0 fully saturated rings. The summed E-state index contributed by atoms with van der Waals surface area (Å²) >= 11 is 6.14. The minimum absolute atomic E-state index is 0.133. The van der Waals surface area contributed by atoms with Gasteiger partial charge in [-0.25, -0.2) is 0 Å². The molecule has 24 heavy (non-hydrogen) atoms. The van der Waals surface area contributed by atoms with Crippen LogP contribution in [0.2, 0.25) is 5.02 Å². The van der Waals surface area contributed by atoms with Gasteiger partial charge in [0.05, 0.1) is 11.4 Å². The summed E-state index contributed by atoms with van der Waals surface area (Å²) in [5, 5.41) is 8.92. The fraction of sp³-hybridized carbons (Fsp3) is 0.118. The fourth-order valence-electron chi connectivity index (χ4n) is 2.81. The van der Waals surface area contributed by atoms with Crippen LogP contribution in [-0.2, 0) is 0 Å². The number of halogens is 1. The topological polar surface area (TPSA) is 82.2 Å². The molecule has 1 aliphatic rings. The Labute approximate surface area is 142 Å². The summed E-state index contributed by atoms with van der Waals surface area (Å²) in [6.07, 6.45) is 4.01. The van der Waals surface area contributed by atoms with E-state index in [4.69, 9.17) is 11.6 Å². The summed E-state index contributed by atoms with van der Waals surface area (Å²) < 4.78 is 0. The average molecular weight is 340 g/mol. The summed E-state index contributed by atoms with van der Waals surface area (Å²) in [6, 6.07) is 9.18. The van der Waals surface area contributed by atoms with Gasteiger partial charge in [-0.1, -0.05) is 11.6 Å². The van der Waals surface area contributed by atoms with Crippen molar-refractivity contribution in [3.05, 3.63) is 59.0 Å². The fourth-order valence-corrected chi connectivity index (χ4v) is 2.98. The first-order valence-corrected chi connectivity index (χ1v) is 7.92. The number of H-pyrrole nitrogens is 1. The van der Waals surface area contributed by atoms with Crippen molar-refractivity contribution < 1.29 is 4.79 Å². The molecule has 3 aromatic rings. The largest absolute Gasteiger partial charge is 0.350 e. The average Bonchev–Trinajstić information content (AvgIpc) is 2.89. The molecule has 7 heteroatoms. The van der Waals surface area contributed by atoms with E-state index in [1.165, 1.54) is 0 Å². The Morgan fingerprint density at radius 3 is 2.88 bits per heavy atom. The highest BCUT2D eigenvalue weighted by molar-refractivity contribution is 6.32. The van der Waals surface area contributed by atoms with Crippen molar-refractivity contribution in [2.24, 2.45) is 5.10 Å². The van der Waals surface area contributed by atoms with Crippen LogP contribution in [0.5, 0.6) is 0 Å². The third-order valence-electron chi connectivity index (χ3n) is 3.92. The van der Waals surface area contributed by atoms with Crippen LogP contribution in [0.25, 0.3) is 10.9 Å². The van der Waals surface area contributed by atoms with E-state index in [0.29, 0.717) is 23.7 Å². The van der Waals surface area contributed by atoms with Crippen molar-refractivity contribution in [2.75, 3.05) is 12.0 Å². The molecule has 0 aliphatic carbocycles. The van der Waals surface area contributed by atoms with E-state index in [9.17, 15) is 4.79 Å². The molecular formula is C17H14ClN5O. The van der Waals surface area contributed by atoms with Gasteiger partial charge in [-0.3, -0.25) is 15.2 Å². The Kier molecular flexibility index (Phi) is 3.66. The number of fused-ring (bicyclic) bond motifs is 3. The Balaban J connectivity index is 1.84. The molecule has 0 bridgehead atoms. The molecule has 1 amide bonds. The van der Waals surface area contributed by atoms with E-state index >= 15 is 0 Å². The van der Waals surface area contributed by atoms with E-state index in [2.05, 4.69) is 25.8 Å². The van der Waals surface area contributed by atoms with Gasteiger partial charge >= 0.3 is 0 Å². The van der Waals surface area contributed by atoms with Gasteiger partial charge < -0.3 is 10.3 Å². The lowest BCUT2D eigenvalue weighted by Crippen LogP contribution is -2.23. The summed E-state index contributed by atoms with van der Waals surface area (Å²) in [6.45, 7) is 0.528. The molecule has 6 nitrogen and oxygen atoms in total. The zero-order chi connectivity index (χ0) is 16.5. The lowest BCUT2D eigenvalue weighted by Gasteiger charge is -2.06. The van der Waals surface area contributed by atoms with E-state index in [1.54, 1.807) is 18.5 Å². The molecule has 0 saturated heterocycles. The number of carbonyl (C=O) groups excluding carboxylic acids is 1. The number of aromatic amines is 1. The van der Waals surface area contributed by atoms with Crippen LogP contribution in [0.15, 0.2) is 47.8 Å². The Hall–Kier alpha value is -2.86. The second kappa shape index (κ2) is 5.98. The normalized spacial score (nSPS) is 15.9. The first kappa shape index (κ1) is 14.7. The summed E-state index contributed by atoms with van der Waals surface area (Å²) in [4.78, 5) is 19.5. The molecule has 0 spiro atoms. The molecule has 0 radical (unpaired) electrons. The van der Waals surface area contributed by atoms with E-state index in [0.717, 1.165) is 27.9 Å². The number of hydrogen-bond acceptors (Lipinski definition) is 4. The zero-order valence-corrected chi connectivity index (χ0v) is 13.4. The number of rotatable bonds is 2. The third-order valence-corrected chi connectivity index (χ3v) is 4.16. The number of hydrogen-bond donors (Lipinski definition) is 3. The SMILES string of the molecule is O=C1NCCC(=NNc2ccncc2)c2c1[nH]c1ccc(Cl)cc21. The molecule has 120 valence electrons. The number of aromatic nitrogens is 2. The van der Waals surface area contributed by atoms with E-state index < -0.39 is 0 Å². The molecule has 0 atom stereocenters. The van der Waals surface area contributed by atoms with Gasteiger partial charge in [0.15, 0.2) is 0 Å². The highest BCUT2D eigenvalue weighted by Crippen LogP contribution is 2.28. The van der Waals surface area contributed by atoms with Crippen LogP contribution in [0, 0.1) is 0 Å². The van der Waals surface area contributed by atoms with Crippen LogP contribution in [-0.4, -0.2) is 28.1 Å². The Morgan fingerprint density at radius 1 is 1.21 bits per heavy atom. The highest BCUT2D eigenvalue weighted by atomic mass is 35.5. The van der Waals surface area contributed by atoms with Crippen molar-refractivity contribution in [2.45, 2.75) is 6.42 Å². The van der Waals surface area contributed by atoms with Crippen LogP contribution < -0.4 is 10.7 Å². The van der Waals surface area contributed by atoms with Gasteiger partial charge in [0, 0.05) is 46.8 Å². The van der Waals surface area contributed by atoms with E-state index in [1.807, 2.05) is 24.3 Å². The van der Waals surface area contributed by atoms with Crippen molar-refractivity contribution in [1.82, 2.24) is 15.3 Å². The summed E-state index contributed by atoms with van der Waals surface area (Å²) in [5.74, 6) is -0.133. The second-order valence-electron chi connectivity index (χ2n) is 5.48. The van der Waals surface area contributed by atoms with Crippen molar-refractivity contribution in [1.29, 1.82) is 0 Å². The molecule has 1 aromatic carbocycles. The van der Waals surface area contributed by atoms with Crippen molar-refractivity contribution in [3.63, 3.8) is 0 Å². The molecule has 3 heterocycles. The Morgan fingerprint density at radius 2 is 2.04 bits per heavy atom. The number of carbonyl (C=O) groups is 1. The lowest BCUT2D eigenvalue weighted by molar-refractivity contribution is 0.0952. The number of pyridine rings is 1. The zero-order valence-electron chi connectivity index (χ0n) is 12.6. The predicted molar refractivity (Wildman–Crippen MR) is 94.7 cm³/mol. The van der Waals surface area contributed by atoms with Crippen LogP contribution in [0.1, 0.15) is 22.5 Å². The summed E-state index contributed by atoms with van der Waals surface area (Å²) in [5.41, 5.74) is 6.83.